The number of hydrogen-bond acceptors (Lipinski definition) is 3. The summed E-state index contributed by atoms with van der Waals surface area (Å²) >= 11 is 0. The first-order valence-electron chi connectivity index (χ1n) is 5.04. The maximum absolute atomic E-state index is 11.4. The predicted molar refractivity (Wildman–Crippen MR) is 57.7 cm³/mol. The predicted octanol–water partition coefficient (Wildman–Crippen LogP) is 0.260. The lowest BCUT2D eigenvalue weighted by Gasteiger charge is -2.27. The lowest BCUT2D eigenvalue weighted by Crippen LogP contribution is -2.43. The minimum absolute atomic E-state index is 0.0726. The molecule has 0 heterocycles. The van der Waals surface area contributed by atoms with E-state index in [1.807, 2.05) is 13.8 Å². The van der Waals surface area contributed by atoms with Crippen LogP contribution in [-0.2, 0) is 9.59 Å². The first kappa shape index (κ1) is 13.9. The molecule has 0 radical (unpaired) electrons. The maximum Gasteiger partial charge on any atom is 0.317 e. The lowest BCUT2D eigenvalue weighted by molar-refractivity contribution is -0.140. The Hall–Kier alpha value is -1.10. The van der Waals surface area contributed by atoms with E-state index in [4.69, 9.17) is 5.11 Å². The molecule has 0 spiro atoms. The van der Waals surface area contributed by atoms with Gasteiger partial charge < -0.3 is 10.0 Å². The number of aliphatic carboxylic acids is 1. The number of rotatable bonds is 6. The molecule has 0 aliphatic heterocycles. The molecule has 0 saturated carbocycles. The van der Waals surface area contributed by atoms with Crippen LogP contribution >= 0.6 is 0 Å². The molecule has 0 aromatic rings. The van der Waals surface area contributed by atoms with Crippen molar-refractivity contribution < 1.29 is 14.7 Å². The molecule has 0 aliphatic rings. The fourth-order valence-electron chi connectivity index (χ4n) is 1.11. The molecule has 0 rings (SSSR count). The Morgan fingerprint density at radius 1 is 1.27 bits per heavy atom. The number of carboxylic acids is 1. The van der Waals surface area contributed by atoms with Crippen molar-refractivity contribution >= 4 is 11.9 Å². The number of likely N-dealkylation sites (N-methyl/N-ethyl adjacent to an activating group) is 1. The molecule has 0 saturated heterocycles. The molecule has 1 N–H and O–H groups in total. The van der Waals surface area contributed by atoms with Crippen LogP contribution in [0.25, 0.3) is 0 Å². The number of carbonyl (C=O) groups excluding carboxylic acids is 1. The molecule has 88 valence electrons. The number of carbonyl (C=O) groups is 2. The van der Waals surface area contributed by atoms with E-state index in [1.165, 1.54) is 4.90 Å². The largest absolute Gasteiger partial charge is 0.480 e. The van der Waals surface area contributed by atoms with Gasteiger partial charge in [0, 0.05) is 20.1 Å². The van der Waals surface area contributed by atoms with Crippen molar-refractivity contribution in [3.05, 3.63) is 0 Å². The van der Waals surface area contributed by atoms with Crippen LogP contribution in [0, 0.1) is 0 Å². The average molecular weight is 216 g/mol. The molecular weight excluding hydrogens is 196 g/mol. The zero-order chi connectivity index (χ0) is 12.0. The summed E-state index contributed by atoms with van der Waals surface area (Å²) in [5.41, 5.74) is 0. The average Bonchev–Trinajstić information content (AvgIpc) is 2.14. The van der Waals surface area contributed by atoms with E-state index in [-0.39, 0.29) is 25.0 Å². The highest BCUT2D eigenvalue weighted by Gasteiger charge is 2.19. The molecule has 0 fully saturated rings. The highest BCUT2D eigenvalue weighted by molar-refractivity contribution is 5.78. The fourth-order valence-corrected chi connectivity index (χ4v) is 1.11. The summed E-state index contributed by atoms with van der Waals surface area (Å²) in [6, 6.07) is 0.102. The first-order valence-corrected chi connectivity index (χ1v) is 5.04. The monoisotopic (exact) mass is 216 g/mol. The molecule has 0 aliphatic carbocycles. The van der Waals surface area contributed by atoms with Gasteiger partial charge in [0.2, 0.25) is 5.91 Å². The maximum atomic E-state index is 11.4. The Labute approximate surface area is 90.7 Å². The van der Waals surface area contributed by atoms with Gasteiger partial charge in [-0.15, -0.1) is 0 Å². The fraction of sp³-hybridized carbons (Fsp3) is 0.800. The molecular formula is C10H20N2O3. The van der Waals surface area contributed by atoms with E-state index in [2.05, 4.69) is 0 Å². The quantitative estimate of drug-likeness (QED) is 0.692. The minimum atomic E-state index is -0.901. The van der Waals surface area contributed by atoms with Crippen molar-refractivity contribution in [3.63, 3.8) is 0 Å². The summed E-state index contributed by atoms with van der Waals surface area (Å²) in [6.45, 7) is 3.97. The van der Waals surface area contributed by atoms with Gasteiger partial charge >= 0.3 is 5.97 Å². The SMILES string of the molecule is CCC(C)N(CC(=O)O)CC(=O)N(C)C. The van der Waals surface area contributed by atoms with Gasteiger partial charge in [0.15, 0.2) is 0 Å². The Morgan fingerprint density at radius 3 is 2.13 bits per heavy atom. The third kappa shape index (κ3) is 5.37. The Morgan fingerprint density at radius 2 is 1.80 bits per heavy atom. The second-order valence-electron chi connectivity index (χ2n) is 3.84. The molecule has 1 unspecified atom stereocenters. The van der Waals surface area contributed by atoms with Crippen LogP contribution in [0.3, 0.4) is 0 Å². The van der Waals surface area contributed by atoms with E-state index >= 15 is 0 Å². The minimum Gasteiger partial charge on any atom is -0.480 e. The second-order valence-corrected chi connectivity index (χ2v) is 3.84. The summed E-state index contributed by atoms with van der Waals surface area (Å²) < 4.78 is 0. The van der Waals surface area contributed by atoms with Crippen LogP contribution in [0.2, 0.25) is 0 Å². The summed E-state index contributed by atoms with van der Waals surface area (Å²) in [5.74, 6) is -0.974. The van der Waals surface area contributed by atoms with Gasteiger partial charge in [0.05, 0.1) is 13.1 Å². The van der Waals surface area contributed by atoms with E-state index < -0.39 is 5.97 Å². The number of hydrogen-bond donors (Lipinski definition) is 1. The molecule has 15 heavy (non-hydrogen) atoms. The van der Waals surface area contributed by atoms with Crippen molar-refractivity contribution in [1.82, 2.24) is 9.80 Å². The Bertz CT molecular complexity index is 229. The van der Waals surface area contributed by atoms with Crippen LogP contribution < -0.4 is 0 Å². The smallest absolute Gasteiger partial charge is 0.317 e. The highest BCUT2D eigenvalue weighted by Crippen LogP contribution is 2.03. The van der Waals surface area contributed by atoms with Gasteiger partial charge in [-0.2, -0.15) is 0 Å². The third-order valence-electron chi connectivity index (χ3n) is 2.39. The lowest BCUT2D eigenvalue weighted by atomic mass is 10.2. The number of amides is 1. The van der Waals surface area contributed by atoms with Gasteiger partial charge in [-0.25, -0.2) is 0 Å². The van der Waals surface area contributed by atoms with E-state index in [1.54, 1.807) is 19.0 Å². The van der Waals surface area contributed by atoms with E-state index in [9.17, 15) is 9.59 Å². The molecule has 0 aromatic heterocycles. The molecule has 0 aromatic carbocycles. The topological polar surface area (TPSA) is 60.9 Å². The summed E-state index contributed by atoms with van der Waals surface area (Å²) in [6.07, 6.45) is 0.827. The van der Waals surface area contributed by atoms with Crippen LogP contribution in [-0.4, -0.2) is 60.0 Å². The van der Waals surface area contributed by atoms with Crippen LogP contribution in [0.4, 0.5) is 0 Å². The van der Waals surface area contributed by atoms with Gasteiger partial charge in [0.25, 0.3) is 0 Å². The zero-order valence-electron chi connectivity index (χ0n) is 9.86. The molecule has 0 bridgehead atoms. The van der Waals surface area contributed by atoms with Gasteiger partial charge in [-0.05, 0) is 13.3 Å². The van der Waals surface area contributed by atoms with Crippen LogP contribution in [0.15, 0.2) is 0 Å². The Kier molecular flexibility index (Phi) is 5.93. The number of carboxylic acid groups (broad SMARTS) is 1. The third-order valence-corrected chi connectivity index (χ3v) is 2.39. The molecule has 1 amide bonds. The molecule has 1 atom stereocenters. The van der Waals surface area contributed by atoms with Crippen molar-refractivity contribution in [2.75, 3.05) is 27.2 Å². The summed E-state index contributed by atoms with van der Waals surface area (Å²) in [5, 5.41) is 8.71. The van der Waals surface area contributed by atoms with Crippen molar-refractivity contribution in [2.24, 2.45) is 0 Å². The van der Waals surface area contributed by atoms with E-state index in [0.29, 0.717) is 0 Å². The van der Waals surface area contributed by atoms with Crippen molar-refractivity contribution in [2.45, 2.75) is 26.3 Å². The van der Waals surface area contributed by atoms with Crippen molar-refractivity contribution in [3.8, 4) is 0 Å². The van der Waals surface area contributed by atoms with Crippen LogP contribution in [0.1, 0.15) is 20.3 Å². The summed E-state index contributed by atoms with van der Waals surface area (Å²) in [7, 11) is 3.33. The first-order chi connectivity index (χ1) is 6.88. The Balaban J connectivity index is 4.36. The molecule has 5 nitrogen and oxygen atoms in total. The van der Waals surface area contributed by atoms with Crippen molar-refractivity contribution in [1.29, 1.82) is 0 Å². The summed E-state index contributed by atoms with van der Waals surface area (Å²) in [4.78, 5) is 25.2. The van der Waals surface area contributed by atoms with Gasteiger partial charge in [-0.3, -0.25) is 14.5 Å². The van der Waals surface area contributed by atoms with Gasteiger partial charge in [0.1, 0.15) is 0 Å². The zero-order valence-corrected chi connectivity index (χ0v) is 9.86. The second kappa shape index (κ2) is 6.40. The number of nitrogens with zero attached hydrogens (tertiary/aromatic N) is 2. The van der Waals surface area contributed by atoms with E-state index in [0.717, 1.165) is 6.42 Å². The van der Waals surface area contributed by atoms with Gasteiger partial charge in [-0.1, -0.05) is 6.92 Å². The van der Waals surface area contributed by atoms with Crippen LogP contribution in [0.5, 0.6) is 0 Å². The molecule has 5 heteroatoms. The standard InChI is InChI=1S/C10H20N2O3/c1-5-8(2)12(7-10(14)15)6-9(13)11(3)4/h8H,5-7H2,1-4H3,(H,14,15). The normalized spacial score (nSPS) is 12.6. The highest BCUT2D eigenvalue weighted by atomic mass is 16.4.